The number of amides is 2. The number of carbonyl (C=O) groups excluding carboxylic acids is 3. The molecule has 1 unspecified atom stereocenters. The Morgan fingerprint density at radius 3 is 2.47 bits per heavy atom. The van der Waals surface area contributed by atoms with E-state index in [9.17, 15) is 14.4 Å². The minimum Gasteiger partial charge on any atom is -0.348 e. The Kier molecular flexibility index (Phi) is 6.29. The van der Waals surface area contributed by atoms with Crippen LogP contribution in [0.15, 0.2) is 30.3 Å². The predicted octanol–water partition coefficient (Wildman–Crippen LogP) is 1.59. The first kappa shape index (κ1) is 20.8. The lowest BCUT2D eigenvalue weighted by molar-refractivity contribution is -0.862. The molecule has 0 radical (unpaired) electrons. The summed E-state index contributed by atoms with van der Waals surface area (Å²) in [4.78, 5) is 40.0. The summed E-state index contributed by atoms with van der Waals surface area (Å²) in [6, 6.07) is 9.56. The molecule has 2 aliphatic rings. The van der Waals surface area contributed by atoms with Gasteiger partial charge in [0.25, 0.3) is 11.8 Å². The molecule has 0 aliphatic heterocycles. The predicted molar refractivity (Wildman–Crippen MR) is 117 cm³/mol. The highest BCUT2D eigenvalue weighted by molar-refractivity contribution is 7.17. The maximum atomic E-state index is 13.3. The standard InChI is InChI=1S/C23H27N3O3S/c1-26(13-19(27)24-16-11-12-16)14-20(28)25-23-21(17-9-5-6-10-18(17)30-23)22(29)15-7-3-2-4-8-15/h2-4,7-8,16H,5-6,9-14H2,1H3,(H,24,27)(H,25,28)/p+1. The number of aryl methyl sites for hydroxylation is 1. The summed E-state index contributed by atoms with van der Waals surface area (Å²) in [5.41, 5.74) is 2.39. The Labute approximate surface area is 180 Å². The highest BCUT2D eigenvalue weighted by Crippen LogP contribution is 2.39. The van der Waals surface area contributed by atoms with Gasteiger partial charge in [-0.05, 0) is 44.1 Å². The molecular weight excluding hydrogens is 398 g/mol. The van der Waals surface area contributed by atoms with Crippen LogP contribution in [0.25, 0.3) is 0 Å². The van der Waals surface area contributed by atoms with Crippen molar-refractivity contribution in [3.63, 3.8) is 0 Å². The molecule has 3 N–H and O–H groups in total. The summed E-state index contributed by atoms with van der Waals surface area (Å²) < 4.78 is 0. The molecule has 1 aromatic heterocycles. The van der Waals surface area contributed by atoms with Crippen molar-refractivity contribution in [1.29, 1.82) is 0 Å². The quantitative estimate of drug-likeness (QED) is 0.561. The summed E-state index contributed by atoms with van der Waals surface area (Å²) in [5.74, 6) is -0.225. The Morgan fingerprint density at radius 1 is 1.03 bits per heavy atom. The Hall–Kier alpha value is -2.51. The lowest BCUT2D eigenvalue weighted by Crippen LogP contribution is -3.11. The normalized spacial score (nSPS) is 16.4. The van der Waals surface area contributed by atoms with Crippen LogP contribution >= 0.6 is 11.3 Å². The number of likely N-dealkylation sites (N-methyl/N-ethyl adjacent to an activating group) is 1. The van der Waals surface area contributed by atoms with Gasteiger partial charge in [-0.2, -0.15) is 0 Å². The number of fused-ring (bicyclic) bond motifs is 1. The fraction of sp³-hybridized carbons (Fsp3) is 0.435. The summed E-state index contributed by atoms with van der Waals surface area (Å²) in [7, 11) is 1.83. The molecule has 0 spiro atoms. The van der Waals surface area contributed by atoms with Crippen molar-refractivity contribution in [1.82, 2.24) is 5.32 Å². The molecular formula is C23H28N3O3S+. The topological polar surface area (TPSA) is 79.7 Å². The van der Waals surface area contributed by atoms with Gasteiger partial charge in [-0.25, -0.2) is 0 Å². The fourth-order valence-electron chi connectivity index (χ4n) is 3.92. The smallest absolute Gasteiger partial charge is 0.280 e. The van der Waals surface area contributed by atoms with Crippen molar-refractivity contribution < 1.29 is 19.3 Å². The van der Waals surface area contributed by atoms with Crippen molar-refractivity contribution in [2.24, 2.45) is 0 Å². The Bertz CT molecular complexity index is 950. The lowest BCUT2D eigenvalue weighted by atomic mass is 9.92. The minimum atomic E-state index is -0.174. The van der Waals surface area contributed by atoms with Crippen molar-refractivity contribution in [3.05, 3.63) is 51.9 Å². The highest BCUT2D eigenvalue weighted by Gasteiger charge is 2.28. The molecule has 0 saturated heterocycles. The van der Waals surface area contributed by atoms with Gasteiger partial charge in [0.05, 0.1) is 12.6 Å². The van der Waals surface area contributed by atoms with Crippen LogP contribution in [0.3, 0.4) is 0 Å². The van der Waals surface area contributed by atoms with E-state index in [0.29, 0.717) is 22.2 Å². The third-order valence-electron chi connectivity index (χ3n) is 5.55. The van der Waals surface area contributed by atoms with Crippen molar-refractivity contribution in [2.45, 2.75) is 44.6 Å². The number of thiophene rings is 1. The molecule has 2 amide bonds. The first-order chi connectivity index (χ1) is 14.5. The zero-order valence-corrected chi connectivity index (χ0v) is 18.1. The van der Waals surface area contributed by atoms with E-state index in [0.717, 1.165) is 49.0 Å². The van der Waals surface area contributed by atoms with Gasteiger partial charge in [-0.15, -0.1) is 11.3 Å². The average Bonchev–Trinajstić information content (AvgIpc) is 3.46. The van der Waals surface area contributed by atoms with Crippen LogP contribution in [0.2, 0.25) is 0 Å². The number of hydrogen-bond acceptors (Lipinski definition) is 4. The number of ketones is 1. The number of rotatable bonds is 8. The van der Waals surface area contributed by atoms with Gasteiger partial charge in [0.15, 0.2) is 18.9 Å². The minimum absolute atomic E-state index is 0.0191. The zero-order chi connectivity index (χ0) is 21.1. The van der Waals surface area contributed by atoms with Crippen molar-refractivity contribution >= 4 is 33.9 Å². The maximum absolute atomic E-state index is 13.3. The molecule has 158 valence electrons. The second kappa shape index (κ2) is 9.10. The third-order valence-corrected chi connectivity index (χ3v) is 6.76. The van der Waals surface area contributed by atoms with E-state index in [-0.39, 0.29) is 30.7 Å². The van der Waals surface area contributed by atoms with Gasteiger partial charge >= 0.3 is 0 Å². The summed E-state index contributed by atoms with van der Waals surface area (Å²) in [6.07, 6.45) is 6.11. The van der Waals surface area contributed by atoms with Crippen LogP contribution in [0.1, 0.15) is 52.0 Å². The van der Waals surface area contributed by atoms with Gasteiger partial charge in [-0.3, -0.25) is 14.4 Å². The maximum Gasteiger partial charge on any atom is 0.280 e. The second-order valence-corrected chi connectivity index (χ2v) is 9.42. The molecule has 2 aromatic rings. The number of quaternary nitrogens is 1. The monoisotopic (exact) mass is 426 g/mol. The molecule has 1 aromatic carbocycles. The van der Waals surface area contributed by atoms with Gasteiger partial charge in [0.2, 0.25) is 0 Å². The van der Waals surface area contributed by atoms with Crippen LogP contribution in [-0.2, 0) is 22.4 Å². The van der Waals surface area contributed by atoms with E-state index in [1.165, 1.54) is 16.2 Å². The van der Waals surface area contributed by atoms with E-state index in [1.807, 2.05) is 37.4 Å². The molecule has 7 heteroatoms. The summed E-state index contributed by atoms with van der Waals surface area (Å²) in [5, 5.41) is 6.58. The molecule has 2 aliphatic carbocycles. The van der Waals surface area contributed by atoms with Crippen molar-refractivity contribution in [3.8, 4) is 0 Å². The van der Waals surface area contributed by atoms with E-state index >= 15 is 0 Å². The van der Waals surface area contributed by atoms with E-state index in [1.54, 1.807) is 0 Å². The molecule has 1 saturated carbocycles. The molecule has 1 heterocycles. The highest BCUT2D eigenvalue weighted by atomic mass is 32.1. The van der Waals surface area contributed by atoms with Crippen LogP contribution in [-0.4, -0.2) is 43.8 Å². The van der Waals surface area contributed by atoms with Gasteiger partial charge in [0, 0.05) is 16.5 Å². The lowest BCUT2D eigenvalue weighted by Gasteiger charge is -2.14. The number of anilines is 1. The second-order valence-electron chi connectivity index (χ2n) is 8.31. The van der Waals surface area contributed by atoms with Crippen LogP contribution in [0, 0.1) is 0 Å². The number of hydrogen-bond donors (Lipinski definition) is 3. The average molecular weight is 427 g/mol. The Balaban J connectivity index is 1.47. The largest absolute Gasteiger partial charge is 0.348 e. The molecule has 30 heavy (non-hydrogen) atoms. The molecule has 4 rings (SSSR count). The van der Waals surface area contributed by atoms with E-state index < -0.39 is 0 Å². The van der Waals surface area contributed by atoms with Gasteiger partial charge in [-0.1, -0.05) is 30.3 Å². The first-order valence-corrected chi connectivity index (χ1v) is 11.5. The third kappa shape index (κ3) is 4.96. The number of carbonyl (C=O) groups is 3. The first-order valence-electron chi connectivity index (χ1n) is 10.7. The Morgan fingerprint density at radius 2 is 1.73 bits per heavy atom. The van der Waals surface area contributed by atoms with Crippen LogP contribution in [0.4, 0.5) is 5.00 Å². The van der Waals surface area contributed by atoms with Crippen LogP contribution < -0.4 is 15.5 Å². The van der Waals surface area contributed by atoms with E-state index in [4.69, 9.17) is 0 Å². The van der Waals surface area contributed by atoms with Gasteiger partial charge in [0.1, 0.15) is 5.00 Å². The summed E-state index contributed by atoms with van der Waals surface area (Å²) >= 11 is 1.53. The molecule has 1 fully saturated rings. The van der Waals surface area contributed by atoms with Crippen molar-refractivity contribution in [2.75, 3.05) is 25.5 Å². The summed E-state index contributed by atoms with van der Waals surface area (Å²) in [6.45, 7) is 0.445. The molecule has 6 nitrogen and oxygen atoms in total. The van der Waals surface area contributed by atoms with Gasteiger partial charge < -0.3 is 15.5 Å². The SMILES string of the molecule is C[NH+](CC(=O)Nc1sc2c(c1C(=O)c1ccccc1)CCCC2)CC(=O)NC1CC1. The van der Waals surface area contributed by atoms with E-state index in [2.05, 4.69) is 10.6 Å². The van der Waals surface area contributed by atoms with Crippen LogP contribution in [0.5, 0.6) is 0 Å². The molecule has 0 bridgehead atoms. The molecule has 1 atom stereocenters. The number of nitrogens with one attached hydrogen (secondary N) is 3. The zero-order valence-electron chi connectivity index (χ0n) is 17.3. The fourth-order valence-corrected chi connectivity index (χ4v) is 5.22. The number of benzene rings is 1.